The van der Waals surface area contributed by atoms with Crippen LogP contribution in [-0.2, 0) is 14.3 Å². The standard InChI is InChI=1S/C15H28N2O4S3/c1-15(2,3)21-14(20)17-12(5-9-22-4)11-24-23-10-6-13(19)16-7-8-18/h8,12H,5-7,9-11H2,1-4H3,(H,16,19)(H,17,20). The Morgan fingerprint density at radius 3 is 2.50 bits per heavy atom. The van der Waals surface area contributed by atoms with Crippen LogP contribution >= 0.6 is 33.3 Å². The van der Waals surface area contributed by atoms with Crippen LogP contribution in [0.5, 0.6) is 0 Å². The molecule has 0 bridgehead atoms. The Kier molecular flexibility index (Phi) is 13.4. The second kappa shape index (κ2) is 13.7. The number of aldehydes is 1. The average molecular weight is 397 g/mol. The molecule has 0 aromatic carbocycles. The molecule has 0 aromatic heterocycles. The van der Waals surface area contributed by atoms with E-state index in [9.17, 15) is 14.4 Å². The van der Waals surface area contributed by atoms with Gasteiger partial charge in [0.15, 0.2) is 0 Å². The summed E-state index contributed by atoms with van der Waals surface area (Å²) in [6.45, 7) is 5.57. The average Bonchev–Trinajstić information content (AvgIpc) is 2.47. The second-order valence-electron chi connectivity index (χ2n) is 5.95. The van der Waals surface area contributed by atoms with Gasteiger partial charge in [-0.2, -0.15) is 11.8 Å². The van der Waals surface area contributed by atoms with Gasteiger partial charge in [-0.3, -0.25) is 4.79 Å². The van der Waals surface area contributed by atoms with Crippen molar-refractivity contribution in [1.29, 1.82) is 0 Å². The van der Waals surface area contributed by atoms with Crippen molar-refractivity contribution >= 4 is 51.6 Å². The Morgan fingerprint density at radius 1 is 1.21 bits per heavy atom. The minimum absolute atomic E-state index is 0.0358. The molecule has 1 unspecified atom stereocenters. The Bertz CT molecular complexity index is 389. The summed E-state index contributed by atoms with van der Waals surface area (Å²) in [5.41, 5.74) is -0.509. The number of hydrogen-bond donors (Lipinski definition) is 2. The van der Waals surface area contributed by atoms with E-state index < -0.39 is 11.7 Å². The molecule has 0 heterocycles. The number of thioether (sulfide) groups is 1. The minimum atomic E-state index is -0.509. The first-order valence-electron chi connectivity index (χ1n) is 7.71. The number of rotatable bonds is 12. The summed E-state index contributed by atoms with van der Waals surface area (Å²) < 4.78 is 5.29. The molecule has 0 fully saturated rings. The maximum atomic E-state index is 11.9. The van der Waals surface area contributed by atoms with Crippen LogP contribution in [0, 0.1) is 0 Å². The van der Waals surface area contributed by atoms with Crippen molar-refractivity contribution in [3.8, 4) is 0 Å². The zero-order valence-electron chi connectivity index (χ0n) is 14.8. The molecule has 6 nitrogen and oxygen atoms in total. The number of nitrogens with one attached hydrogen (secondary N) is 2. The topological polar surface area (TPSA) is 84.5 Å². The molecule has 24 heavy (non-hydrogen) atoms. The molecule has 2 N–H and O–H groups in total. The Labute approximate surface area is 156 Å². The van der Waals surface area contributed by atoms with E-state index >= 15 is 0 Å². The van der Waals surface area contributed by atoms with Gasteiger partial charge < -0.3 is 20.2 Å². The summed E-state index contributed by atoms with van der Waals surface area (Å²) in [4.78, 5) is 33.4. The van der Waals surface area contributed by atoms with E-state index in [1.54, 1.807) is 33.3 Å². The number of carbonyl (C=O) groups excluding carboxylic acids is 3. The zero-order valence-corrected chi connectivity index (χ0v) is 17.2. The molecule has 0 aromatic rings. The number of carbonyl (C=O) groups is 3. The fraction of sp³-hybridized carbons (Fsp3) is 0.800. The van der Waals surface area contributed by atoms with Gasteiger partial charge in [-0.05, 0) is 39.2 Å². The molecule has 140 valence electrons. The molecule has 0 aliphatic rings. The van der Waals surface area contributed by atoms with Gasteiger partial charge in [-0.1, -0.05) is 21.6 Å². The van der Waals surface area contributed by atoms with Crippen LogP contribution in [0.4, 0.5) is 4.79 Å². The Morgan fingerprint density at radius 2 is 1.92 bits per heavy atom. The first kappa shape index (κ1) is 23.5. The third-order valence-corrected chi connectivity index (χ3v) is 5.67. The highest BCUT2D eigenvalue weighted by Crippen LogP contribution is 2.24. The molecule has 0 radical (unpaired) electrons. The monoisotopic (exact) mass is 396 g/mol. The molecule has 0 spiro atoms. The van der Waals surface area contributed by atoms with Crippen molar-refractivity contribution < 1.29 is 19.1 Å². The summed E-state index contributed by atoms with van der Waals surface area (Å²) in [6.07, 6.45) is 3.55. The molecule has 0 aliphatic carbocycles. The molecular weight excluding hydrogens is 368 g/mol. The van der Waals surface area contributed by atoms with E-state index in [1.165, 1.54) is 0 Å². The first-order valence-corrected chi connectivity index (χ1v) is 11.6. The number of amides is 2. The number of ether oxygens (including phenoxy) is 1. The highest BCUT2D eigenvalue weighted by atomic mass is 33.1. The molecule has 0 saturated carbocycles. The van der Waals surface area contributed by atoms with Gasteiger partial charge >= 0.3 is 6.09 Å². The molecular formula is C15H28N2O4S3. The lowest BCUT2D eigenvalue weighted by atomic mass is 10.2. The van der Waals surface area contributed by atoms with Crippen molar-refractivity contribution in [2.75, 3.05) is 30.1 Å². The van der Waals surface area contributed by atoms with Crippen LogP contribution in [0.2, 0.25) is 0 Å². The predicted octanol–water partition coefficient (Wildman–Crippen LogP) is 2.72. The van der Waals surface area contributed by atoms with Crippen LogP contribution in [0.15, 0.2) is 0 Å². The van der Waals surface area contributed by atoms with E-state index in [0.29, 0.717) is 18.5 Å². The SMILES string of the molecule is CSCCC(CSSCCC(=O)NCC=O)NC(=O)OC(C)(C)C. The molecule has 0 rings (SSSR count). The zero-order chi connectivity index (χ0) is 18.4. The highest BCUT2D eigenvalue weighted by Gasteiger charge is 2.19. The fourth-order valence-electron chi connectivity index (χ4n) is 1.50. The summed E-state index contributed by atoms with van der Waals surface area (Å²) in [5.74, 6) is 2.25. The fourth-order valence-corrected chi connectivity index (χ4v) is 4.30. The summed E-state index contributed by atoms with van der Waals surface area (Å²) >= 11 is 1.74. The maximum Gasteiger partial charge on any atom is 0.407 e. The summed E-state index contributed by atoms with van der Waals surface area (Å²) in [7, 11) is 3.21. The van der Waals surface area contributed by atoms with Crippen molar-refractivity contribution in [3.63, 3.8) is 0 Å². The lowest BCUT2D eigenvalue weighted by Gasteiger charge is -2.23. The first-order chi connectivity index (χ1) is 11.3. The highest BCUT2D eigenvalue weighted by molar-refractivity contribution is 8.76. The normalized spacial score (nSPS) is 12.3. The lowest BCUT2D eigenvalue weighted by molar-refractivity contribution is -0.122. The number of alkyl carbamates (subject to hydrolysis) is 1. The van der Waals surface area contributed by atoms with Crippen molar-refractivity contribution in [2.45, 2.75) is 45.3 Å². The van der Waals surface area contributed by atoms with Gasteiger partial charge in [-0.15, -0.1) is 0 Å². The van der Waals surface area contributed by atoms with Crippen LogP contribution in [0.3, 0.4) is 0 Å². The lowest BCUT2D eigenvalue weighted by Crippen LogP contribution is -2.40. The van der Waals surface area contributed by atoms with Crippen molar-refractivity contribution in [3.05, 3.63) is 0 Å². The van der Waals surface area contributed by atoms with Gasteiger partial charge in [-0.25, -0.2) is 4.79 Å². The van der Waals surface area contributed by atoms with Crippen molar-refractivity contribution in [1.82, 2.24) is 10.6 Å². The third-order valence-electron chi connectivity index (χ3n) is 2.54. The van der Waals surface area contributed by atoms with Gasteiger partial charge in [0.2, 0.25) is 5.91 Å². The summed E-state index contributed by atoms with van der Waals surface area (Å²) in [6, 6.07) is 0.0358. The van der Waals surface area contributed by atoms with E-state index in [2.05, 4.69) is 10.6 Å². The van der Waals surface area contributed by atoms with E-state index in [-0.39, 0.29) is 18.5 Å². The van der Waals surface area contributed by atoms with Crippen LogP contribution in [0.1, 0.15) is 33.6 Å². The van der Waals surface area contributed by atoms with Crippen LogP contribution in [-0.4, -0.2) is 60.0 Å². The number of hydrogen-bond acceptors (Lipinski definition) is 7. The molecule has 0 saturated heterocycles. The third kappa shape index (κ3) is 15.0. The van der Waals surface area contributed by atoms with Gasteiger partial charge in [0.25, 0.3) is 0 Å². The van der Waals surface area contributed by atoms with Crippen LogP contribution < -0.4 is 10.6 Å². The Balaban J connectivity index is 4.04. The quantitative estimate of drug-likeness (QED) is 0.298. The van der Waals surface area contributed by atoms with Crippen molar-refractivity contribution in [2.24, 2.45) is 0 Å². The maximum absolute atomic E-state index is 11.9. The second-order valence-corrected chi connectivity index (χ2v) is 9.56. The van der Waals surface area contributed by atoms with E-state index in [1.807, 2.05) is 27.0 Å². The molecule has 2 amide bonds. The van der Waals surface area contributed by atoms with Gasteiger partial charge in [0, 0.05) is 24.0 Å². The predicted molar refractivity (Wildman–Crippen MR) is 105 cm³/mol. The molecule has 0 aliphatic heterocycles. The van der Waals surface area contributed by atoms with Gasteiger partial charge in [0.05, 0.1) is 6.54 Å². The van der Waals surface area contributed by atoms with Gasteiger partial charge in [0.1, 0.15) is 11.9 Å². The largest absolute Gasteiger partial charge is 0.444 e. The minimum Gasteiger partial charge on any atom is -0.444 e. The van der Waals surface area contributed by atoms with E-state index in [0.717, 1.165) is 17.9 Å². The molecule has 1 atom stereocenters. The van der Waals surface area contributed by atoms with E-state index in [4.69, 9.17) is 4.74 Å². The molecule has 9 heteroatoms. The smallest absolute Gasteiger partial charge is 0.407 e. The Hall–Kier alpha value is -0.540. The summed E-state index contributed by atoms with van der Waals surface area (Å²) in [5, 5.41) is 5.41. The van der Waals surface area contributed by atoms with Crippen LogP contribution in [0.25, 0.3) is 0 Å².